The maximum Gasteiger partial charge on any atom is 0.161 e. The largest absolute Gasteiger partial charge is 0.486 e. The van der Waals surface area contributed by atoms with Gasteiger partial charge in [-0.05, 0) is 31.0 Å². The van der Waals surface area contributed by atoms with Gasteiger partial charge in [0.25, 0.3) is 0 Å². The van der Waals surface area contributed by atoms with E-state index in [9.17, 15) is 0 Å². The van der Waals surface area contributed by atoms with E-state index in [0.717, 1.165) is 29.1 Å². The second kappa shape index (κ2) is 5.21. The molecule has 0 fully saturated rings. The molecule has 0 saturated carbocycles. The van der Waals surface area contributed by atoms with Gasteiger partial charge in [-0.1, -0.05) is 11.6 Å². The zero-order valence-electron chi connectivity index (χ0n) is 10.0. The number of nitrogens with one attached hydrogen (secondary N) is 1. The Bertz CT molecular complexity index is 418. The maximum atomic E-state index is 5.57. The molecular formula is C13H18N2O2. The molecule has 1 atom stereocenters. The number of nitrogens with two attached hydrogens (primary N) is 1. The van der Waals surface area contributed by atoms with Crippen LogP contribution in [0.2, 0.25) is 0 Å². The van der Waals surface area contributed by atoms with Crippen LogP contribution in [0, 0.1) is 0 Å². The maximum absolute atomic E-state index is 5.57. The number of hydrogen-bond acceptors (Lipinski definition) is 4. The third-order valence-corrected chi connectivity index (χ3v) is 2.72. The monoisotopic (exact) mass is 234 g/mol. The van der Waals surface area contributed by atoms with E-state index in [1.165, 1.54) is 0 Å². The minimum absolute atomic E-state index is 0.0586. The molecule has 3 N–H and O–H groups in total. The number of hydrazine groups is 1. The van der Waals surface area contributed by atoms with Crippen molar-refractivity contribution < 1.29 is 9.47 Å². The normalized spacial score (nSPS) is 15.4. The van der Waals surface area contributed by atoms with Crippen LogP contribution in [-0.4, -0.2) is 13.2 Å². The molecule has 2 rings (SSSR count). The Morgan fingerprint density at radius 3 is 2.76 bits per heavy atom. The predicted molar refractivity (Wildman–Crippen MR) is 66.9 cm³/mol. The van der Waals surface area contributed by atoms with E-state index in [1.807, 2.05) is 25.1 Å². The summed E-state index contributed by atoms with van der Waals surface area (Å²) >= 11 is 0. The van der Waals surface area contributed by atoms with Crippen molar-refractivity contribution in [2.24, 2.45) is 5.84 Å². The van der Waals surface area contributed by atoms with Crippen LogP contribution in [0.25, 0.3) is 0 Å². The summed E-state index contributed by atoms with van der Waals surface area (Å²) in [6.45, 7) is 7.10. The lowest BCUT2D eigenvalue weighted by Gasteiger charge is -2.22. The standard InChI is InChI=1S/C13H18N2O2/c1-9(2)7-11(15-14)10-3-4-12-13(8-10)17-6-5-16-12/h3-4,8,11,15H,1,5-7,14H2,2H3. The van der Waals surface area contributed by atoms with Gasteiger partial charge in [-0.3, -0.25) is 11.3 Å². The summed E-state index contributed by atoms with van der Waals surface area (Å²) in [6, 6.07) is 5.96. The van der Waals surface area contributed by atoms with Crippen LogP contribution < -0.4 is 20.7 Å². The van der Waals surface area contributed by atoms with Crippen molar-refractivity contribution in [1.82, 2.24) is 5.43 Å². The summed E-state index contributed by atoms with van der Waals surface area (Å²) in [5.41, 5.74) is 4.97. The highest BCUT2D eigenvalue weighted by atomic mass is 16.6. The van der Waals surface area contributed by atoms with Gasteiger partial charge in [0.15, 0.2) is 11.5 Å². The average Bonchev–Trinajstić information content (AvgIpc) is 2.35. The number of hydrogen-bond donors (Lipinski definition) is 2. The Labute approximate surface area is 101 Å². The lowest BCUT2D eigenvalue weighted by Crippen LogP contribution is -2.28. The minimum Gasteiger partial charge on any atom is -0.486 e. The molecule has 92 valence electrons. The van der Waals surface area contributed by atoms with E-state index in [4.69, 9.17) is 15.3 Å². The van der Waals surface area contributed by atoms with Gasteiger partial charge in [-0.25, -0.2) is 0 Å². The SMILES string of the molecule is C=C(C)CC(NN)c1ccc2c(c1)OCCO2. The van der Waals surface area contributed by atoms with Crippen molar-refractivity contribution in [3.63, 3.8) is 0 Å². The lowest BCUT2D eigenvalue weighted by atomic mass is 10.0. The Kier molecular flexibility index (Phi) is 3.66. The van der Waals surface area contributed by atoms with Gasteiger partial charge in [-0.15, -0.1) is 6.58 Å². The molecule has 1 aliphatic heterocycles. The van der Waals surface area contributed by atoms with Crippen LogP contribution >= 0.6 is 0 Å². The van der Waals surface area contributed by atoms with Gasteiger partial charge in [0.2, 0.25) is 0 Å². The second-order valence-corrected chi connectivity index (χ2v) is 4.28. The van der Waals surface area contributed by atoms with Crippen molar-refractivity contribution >= 4 is 0 Å². The molecule has 0 bridgehead atoms. The Hall–Kier alpha value is -1.52. The predicted octanol–water partition coefficient (Wildman–Crippen LogP) is 1.93. The molecule has 1 aromatic rings. The van der Waals surface area contributed by atoms with Crippen LogP contribution in [0.1, 0.15) is 24.9 Å². The number of ether oxygens (including phenoxy) is 2. The molecule has 17 heavy (non-hydrogen) atoms. The average molecular weight is 234 g/mol. The first-order chi connectivity index (χ1) is 8.20. The molecule has 0 spiro atoms. The van der Waals surface area contributed by atoms with Crippen LogP contribution in [0.4, 0.5) is 0 Å². The summed E-state index contributed by atoms with van der Waals surface area (Å²) in [5, 5.41) is 0. The zero-order valence-corrected chi connectivity index (χ0v) is 10.0. The van der Waals surface area contributed by atoms with E-state index >= 15 is 0 Å². The third-order valence-electron chi connectivity index (χ3n) is 2.72. The van der Waals surface area contributed by atoms with Gasteiger partial charge in [0.05, 0.1) is 0 Å². The molecule has 1 unspecified atom stereocenters. The Morgan fingerprint density at radius 1 is 1.41 bits per heavy atom. The molecule has 1 heterocycles. The topological polar surface area (TPSA) is 56.5 Å². The van der Waals surface area contributed by atoms with Crippen molar-refractivity contribution in [2.75, 3.05) is 13.2 Å². The summed E-state index contributed by atoms with van der Waals surface area (Å²) in [4.78, 5) is 0. The molecule has 0 aromatic heterocycles. The molecule has 1 aromatic carbocycles. The van der Waals surface area contributed by atoms with E-state index in [0.29, 0.717) is 13.2 Å². The quantitative estimate of drug-likeness (QED) is 0.475. The molecule has 0 saturated heterocycles. The number of fused-ring (bicyclic) bond motifs is 1. The first-order valence-electron chi connectivity index (χ1n) is 5.71. The number of rotatable bonds is 4. The van der Waals surface area contributed by atoms with E-state index in [1.54, 1.807) is 0 Å². The second-order valence-electron chi connectivity index (χ2n) is 4.28. The molecule has 0 radical (unpaired) electrons. The molecule has 0 aliphatic carbocycles. The summed E-state index contributed by atoms with van der Waals surface area (Å²) < 4.78 is 11.0. The fourth-order valence-electron chi connectivity index (χ4n) is 1.90. The highest BCUT2D eigenvalue weighted by Gasteiger charge is 2.16. The fourth-order valence-corrected chi connectivity index (χ4v) is 1.90. The van der Waals surface area contributed by atoms with Crippen molar-refractivity contribution in [3.05, 3.63) is 35.9 Å². The van der Waals surface area contributed by atoms with Crippen molar-refractivity contribution in [1.29, 1.82) is 0 Å². The molecule has 1 aliphatic rings. The van der Waals surface area contributed by atoms with Gasteiger partial charge in [-0.2, -0.15) is 0 Å². The Morgan fingerprint density at radius 2 is 2.12 bits per heavy atom. The van der Waals surface area contributed by atoms with Gasteiger partial charge in [0, 0.05) is 6.04 Å². The van der Waals surface area contributed by atoms with E-state index in [-0.39, 0.29) is 6.04 Å². The summed E-state index contributed by atoms with van der Waals surface area (Å²) in [6.07, 6.45) is 0.802. The van der Waals surface area contributed by atoms with Crippen molar-refractivity contribution in [3.8, 4) is 11.5 Å². The molecule has 4 nitrogen and oxygen atoms in total. The summed E-state index contributed by atoms with van der Waals surface area (Å²) in [7, 11) is 0. The summed E-state index contributed by atoms with van der Waals surface area (Å²) in [5.74, 6) is 7.15. The molecule has 4 heteroatoms. The smallest absolute Gasteiger partial charge is 0.161 e. The fraction of sp³-hybridized carbons (Fsp3) is 0.385. The van der Waals surface area contributed by atoms with E-state index in [2.05, 4.69) is 12.0 Å². The Balaban J connectivity index is 2.22. The van der Waals surface area contributed by atoms with Gasteiger partial charge < -0.3 is 9.47 Å². The molecular weight excluding hydrogens is 216 g/mol. The highest BCUT2D eigenvalue weighted by molar-refractivity contribution is 5.44. The van der Waals surface area contributed by atoms with Gasteiger partial charge >= 0.3 is 0 Å². The van der Waals surface area contributed by atoms with E-state index < -0.39 is 0 Å². The lowest BCUT2D eigenvalue weighted by molar-refractivity contribution is 0.171. The van der Waals surface area contributed by atoms with Crippen molar-refractivity contribution in [2.45, 2.75) is 19.4 Å². The minimum atomic E-state index is 0.0586. The molecule has 0 amide bonds. The van der Waals surface area contributed by atoms with Crippen LogP contribution in [-0.2, 0) is 0 Å². The first-order valence-corrected chi connectivity index (χ1v) is 5.71. The van der Waals surface area contributed by atoms with Gasteiger partial charge in [0.1, 0.15) is 13.2 Å². The highest BCUT2D eigenvalue weighted by Crippen LogP contribution is 2.33. The number of benzene rings is 1. The first kappa shape index (κ1) is 12.0. The van der Waals surface area contributed by atoms with Crippen LogP contribution in [0.5, 0.6) is 11.5 Å². The third kappa shape index (κ3) is 2.78. The zero-order chi connectivity index (χ0) is 12.3. The van der Waals surface area contributed by atoms with Crippen LogP contribution in [0.15, 0.2) is 30.4 Å². The van der Waals surface area contributed by atoms with Crippen LogP contribution in [0.3, 0.4) is 0 Å².